The van der Waals surface area contributed by atoms with E-state index >= 15 is 0 Å². The van der Waals surface area contributed by atoms with Crippen molar-refractivity contribution in [2.24, 2.45) is 5.92 Å². The largest absolute Gasteiger partial charge is 0.497 e. The molecule has 0 spiro atoms. The Hall–Kier alpha value is -3.81. The summed E-state index contributed by atoms with van der Waals surface area (Å²) in [6, 6.07) is 14.9. The Kier molecular flexibility index (Phi) is 8.82. The second kappa shape index (κ2) is 12.4. The summed E-state index contributed by atoms with van der Waals surface area (Å²) in [6.45, 7) is 6.86. The van der Waals surface area contributed by atoms with Crippen molar-refractivity contribution in [2.75, 3.05) is 56.6 Å². The maximum Gasteiger partial charge on any atom is 0.253 e. The van der Waals surface area contributed by atoms with Crippen LogP contribution in [0.4, 0.5) is 11.4 Å². The van der Waals surface area contributed by atoms with Crippen molar-refractivity contribution in [2.45, 2.75) is 25.7 Å². The number of carbonyl (C=O) groups excluding carboxylic acids is 3. The van der Waals surface area contributed by atoms with E-state index in [-0.39, 0.29) is 30.2 Å². The van der Waals surface area contributed by atoms with E-state index in [4.69, 9.17) is 4.74 Å². The van der Waals surface area contributed by atoms with Crippen molar-refractivity contribution in [1.82, 2.24) is 9.80 Å². The average molecular weight is 505 g/mol. The van der Waals surface area contributed by atoms with Gasteiger partial charge in [0.2, 0.25) is 11.8 Å². The van der Waals surface area contributed by atoms with Gasteiger partial charge in [0, 0.05) is 55.6 Å². The van der Waals surface area contributed by atoms with Crippen LogP contribution in [0.2, 0.25) is 0 Å². The Morgan fingerprint density at radius 1 is 1.00 bits per heavy atom. The van der Waals surface area contributed by atoms with E-state index in [0.29, 0.717) is 30.9 Å². The van der Waals surface area contributed by atoms with Crippen LogP contribution >= 0.6 is 0 Å². The van der Waals surface area contributed by atoms with Crippen LogP contribution in [-0.2, 0) is 9.59 Å². The third kappa shape index (κ3) is 6.70. The van der Waals surface area contributed by atoms with Crippen molar-refractivity contribution in [3.05, 3.63) is 66.7 Å². The van der Waals surface area contributed by atoms with Gasteiger partial charge in [-0.1, -0.05) is 18.9 Å². The summed E-state index contributed by atoms with van der Waals surface area (Å²) in [7, 11) is 1.61. The van der Waals surface area contributed by atoms with Crippen LogP contribution in [0.25, 0.3) is 0 Å². The fourth-order valence-corrected chi connectivity index (χ4v) is 5.03. The first-order valence-corrected chi connectivity index (χ1v) is 13.0. The molecule has 37 heavy (non-hydrogen) atoms. The molecule has 4 rings (SSSR count). The quantitative estimate of drug-likeness (QED) is 0.526. The van der Waals surface area contributed by atoms with Crippen molar-refractivity contribution in [3.8, 4) is 5.75 Å². The van der Waals surface area contributed by atoms with Gasteiger partial charge in [0.05, 0.1) is 7.11 Å². The van der Waals surface area contributed by atoms with Crippen molar-refractivity contribution in [1.29, 1.82) is 0 Å². The first-order valence-electron chi connectivity index (χ1n) is 13.0. The van der Waals surface area contributed by atoms with E-state index in [1.54, 1.807) is 42.4 Å². The minimum absolute atomic E-state index is 0.0211. The van der Waals surface area contributed by atoms with Gasteiger partial charge in [-0.25, -0.2) is 0 Å². The molecule has 1 saturated carbocycles. The number of hydrogen-bond acceptors (Lipinski definition) is 5. The van der Waals surface area contributed by atoms with Crippen LogP contribution in [0.1, 0.15) is 36.0 Å². The highest BCUT2D eigenvalue weighted by molar-refractivity contribution is 5.95. The second-order valence-electron chi connectivity index (χ2n) is 9.59. The number of methoxy groups -OCH3 is 1. The summed E-state index contributed by atoms with van der Waals surface area (Å²) >= 11 is 0. The molecule has 1 aliphatic carbocycles. The second-order valence-corrected chi connectivity index (χ2v) is 9.59. The molecule has 3 amide bonds. The molecular weight excluding hydrogens is 468 g/mol. The lowest BCUT2D eigenvalue weighted by Crippen LogP contribution is -2.48. The zero-order valence-corrected chi connectivity index (χ0v) is 21.5. The molecule has 0 radical (unpaired) electrons. The lowest BCUT2D eigenvalue weighted by atomic mass is 10.1. The summed E-state index contributed by atoms with van der Waals surface area (Å²) in [4.78, 5) is 44.0. The van der Waals surface area contributed by atoms with Crippen LogP contribution in [0.3, 0.4) is 0 Å². The lowest BCUT2D eigenvalue weighted by molar-refractivity contribution is -0.137. The Balaban J connectivity index is 1.27. The molecule has 8 heteroatoms. The number of piperazine rings is 1. The lowest BCUT2D eigenvalue weighted by Gasteiger charge is -2.36. The predicted molar refractivity (Wildman–Crippen MR) is 145 cm³/mol. The molecule has 1 N–H and O–H groups in total. The van der Waals surface area contributed by atoms with E-state index in [1.165, 1.54) is 0 Å². The van der Waals surface area contributed by atoms with Gasteiger partial charge in [0.15, 0.2) is 0 Å². The third-order valence-corrected chi connectivity index (χ3v) is 7.12. The first kappa shape index (κ1) is 26.3. The van der Waals surface area contributed by atoms with Gasteiger partial charge < -0.3 is 24.8 Å². The molecule has 1 heterocycles. The molecule has 8 nitrogen and oxygen atoms in total. The monoisotopic (exact) mass is 504 g/mol. The SMILES string of the molecule is C=CCN(CC(=O)Nc1ccc(N2CCN(C(=O)c3ccc(OC)cc3)CC2)cc1)C(=O)C1CCCC1. The highest BCUT2D eigenvalue weighted by Crippen LogP contribution is 2.27. The summed E-state index contributed by atoms with van der Waals surface area (Å²) < 4.78 is 5.17. The molecule has 2 fully saturated rings. The first-order chi connectivity index (χ1) is 18.0. The van der Waals surface area contributed by atoms with Crippen LogP contribution in [0.5, 0.6) is 5.75 Å². The zero-order valence-electron chi connectivity index (χ0n) is 21.5. The molecular formula is C29H36N4O4. The van der Waals surface area contributed by atoms with Crippen molar-refractivity contribution in [3.63, 3.8) is 0 Å². The molecule has 2 aromatic rings. The van der Waals surface area contributed by atoms with E-state index < -0.39 is 0 Å². The molecule has 0 aromatic heterocycles. The smallest absolute Gasteiger partial charge is 0.253 e. The fraction of sp³-hybridized carbons (Fsp3) is 0.414. The summed E-state index contributed by atoms with van der Waals surface area (Å²) in [5, 5.41) is 2.91. The van der Waals surface area contributed by atoms with Gasteiger partial charge in [-0.3, -0.25) is 14.4 Å². The maximum absolute atomic E-state index is 12.8. The molecule has 0 unspecified atom stereocenters. The number of carbonyl (C=O) groups is 3. The van der Waals surface area contributed by atoms with Crippen LogP contribution in [-0.4, -0.2) is 73.9 Å². The third-order valence-electron chi connectivity index (χ3n) is 7.12. The number of nitrogens with zero attached hydrogens (tertiary/aromatic N) is 3. The number of benzene rings is 2. The number of ether oxygens (including phenoxy) is 1. The minimum atomic E-state index is -0.216. The van der Waals surface area contributed by atoms with Gasteiger partial charge in [-0.15, -0.1) is 6.58 Å². The summed E-state index contributed by atoms with van der Waals surface area (Å²) in [5.74, 6) is 0.614. The molecule has 2 aliphatic rings. The number of anilines is 2. The van der Waals surface area contributed by atoms with Crippen LogP contribution in [0.15, 0.2) is 61.2 Å². The normalized spacial score (nSPS) is 15.8. The molecule has 0 atom stereocenters. The number of nitrogens with one attached hydrogen (secondary N) is 1. The molecule has 1 saturated heterocycles. The highest BCUT2D eigenvalue weighted by Gasteiger charge is 2.28. The minimum Gasteiger partial charge on any atom is -0.497 e. The number of rotatable bonds is 9. The van der Waals surface area contributed by atoms with E-state index in [0.717, 1.165) is 50.2 Å². The highest BCUT2D eigenvalue weighted by atomic mass is 16.5. The molecule has 2 aromatic carbocycles. The number of amides is 3. The van der Waals surface area contributed by atoms with E-state index in [9.17, 15) is 14.4 Å². The average Bonchev–Trinajstić information content (AvgIpc) is 3.48. The maximum atomic E-state index is 12.8. The Morgan fingerprint density at radius 3 is 2.24 bits per heavy atom. The van der Waals surface area contributed by atoms with Gasteiger partial charge in [0.25, 0.3) is 5.91 Å². The molecule has 0 bridgehead atoms. The van der Waals surface area contributed by atoms with Gasteiger partial charge in [-0.05, 0) is 61.4 Å². The zero-order chi connectivity index (χ0) is 26.2. The Bertz CT molecular complexity index is 1090. The molecule has 196 valence electrons. The van der Waals surface area contributed by atoms with Crippen LogP contribution in [0, 0.1) is 5.92 Å². The molecule has 1 aliphatic heterocycles. The summed E-state index contributed by atoms with van der Waals surface area (Å²) in [6.07, 6.45) is 5.62. The predicted octanol–water partition coefficient (Wildman–Crippen LogP) is 3.80. The fourth-order valence-electron chi connectivity index (χ4n) is 5.03. The van der Waals surface area contributed by atoms with Gasteiger partial charge in [-0.2, -0.15) is 0 Å². The van der Waals surface area contributed by atoms with E-state index in [1.807, 2.05) is 29.2 Å². The Morgan fingerprint density at radius 2 is 1.65 bits per heavy atom. The van der Waals surface area contributed by atoms with Crippen molar-refractivity contribution >= 4 is 29.1 Å². The van der Waals surface area contributed by atoms with Gasteiger partial charge >= 0.3 is 0 Å². The number of hydrogen-bond donors (Lipinski definition) is 1. The van der Waals surface area contributed by atoms with E-state index in [2.05, 4.69) is 16.8 Å². The van der Waals surface area contributed by atoms with Crippen molar-refractivity contribution < 1.29 is 19.1 Å². The topological polar surface area (TPSA) is 82.2 Å². The Labute approximate surface area is 218 Å². The van der Waals surface area contributed by atoms with Crippen LogP contribution < -0.4 is 15.0 Å². The van der Waals surface area contributed by atoms with Gasteiger partial charge in [0.1, 0.15) is 12.3 Å². The standard InChI is InChI=1S/C29H36N4O4/c1-3-16-33(29(36)22-6-4-5-7-22)21-27(34)30-24-10-12-25(13-11-24)31-17-19-32(20-18-31)28(35)23-8-14-26(37-2)15-9-23/h3,8-15,22H,1,4-7,16-21H2,2H3,(H,30,34). The summed E-state index contributed by atoms with van der Waals surface area (Å²) in [5.41, 5.74) is 2.39.